The molecule has 0 N–H and O–H groups in total. The molecule has 1 fully saturated rings. The Hall–Kier alpha value is -1.30. The normalized spacial score (nSPS) is 17.2. The minimum absolute atomic E-state index is 0.964. The van der Waals surface area contributed by atoms with Gasteiger partial charge >= 0.3 is 0 Å². The van der Waals surface area contributed by atoms with Crippen LogP contribution in [0.2, 0.25) is 0 Å². The van der Waals surface area contributed by atoms with Crippen LogP contribution in [0.3, 0.4) is 0 Å². The Morgan fingerprint density at radius 1 is 1.05 bits per heavy atom. The van der Waals surface area contributed by atoms with Crippen molar-refractivity contribution in [2.45, 2.75) is 26.4 Å². The third-order valence-corrected chi connectivity index (χ3v) is 4.91. The molecule has 0 atom stereocenters. The van der Waals surface area contributed by atoms with Crippen LogP contribution in [0.15, 0.2) is 29.8 Å². The number of hydrogen-bond acceptors (Lipinski definition) is 5. The molecule has 1 saturated heterocycles. The summed E-state index contributed by atoms with van der Waals surface area (Å²) in [6.45, 7) is 8.58. The minimum atomic E-state index is 0.964. The van der Waals surface area contributed by atoms with E-state index in [0.717, 1.165) is 51.4 Å². The van der Waals surface area contributed by atoms with E-state index in [-0.39, 0.29) is 0 Å². The van der Waals surface area contributed by atoms with Crippen LogP contribution in [0.5, 0.6) is 0 Å². The number of piperazine rings is 1. The van der Waals surface area contributed by atoms with Crippen LogP contribution in [0, 0.1) is 0 Å². The lowest BCUT2D eigenvalue weighted by Crippen LogP contribution is -2.45. The molecule has 0 unspecified atom stereocenters. The van der Waals surface area contributed by atoms with Crippen LogP contribution >= 0.6 is 11.3 Å². The number of aromatic nitrogens is 2. The van der Waals surface area contributed by atoms with E-state index < -0.39 is 0 Å². The fourth-order valence-electron chi connectivity index (χ4n) is 2.64. The molecule has 5 heteroatoms. The Balaban J connectivity index is 1.46. The van der Waals surface area contributed by atoms with Crippen molar-refractivity contribution in [2.75, 3.05) is 26.2 Å². The predicted octanol–water partition coefficient (Wildman–Crippen LogP) is 2.42. The van der Waals surface area contributed by atoms with E-state index in [4.69, 9.17) is 0 Å². The maximum Gasteiger partial charge on any atom is 0.0926 e. The van der Waals surface area contributed by atoms with Gasteiger partial charge < -0.3 is 0 Å². The summed E-state index contributed by atoms with van der Waals surface area (Å²) < 4.78 is 0. The molecule has 1 aliphatic heterocycles. The number of aryl methyl sites for hydroxylation is 1. The van der Waals surface area contributed by atoms with Gasteiger partial charge in [0, 0.05) is 50.8 Å². The molecule has 3 rings (SSSR count). The highest BCUT2D eigenvalue weighted by atomic mass is 32.1. The molecule has 0 aromatic carbocycles. The van der Waals surface area contributed by atoms with Crippen molar-refractivity contribution in [3.63, 3.8) is 0 Å². The van der Waals surface area contributed by atoms with E-state index in [1.807, 2.05) is 12.3 Å². The van der Waals surface area contributed by atoms with Crippen molar-refractivity contribution in [3.05, 3.63) is 46.2 Å². The number of thiazole rings is 1. The molecular weight excluding hydrogens is 280 g/mol. The van der Waals surface area contributed by atoms with E-state index in [1.54, 1.807) is 11.3 Å². The summed E-state index contributed by atoms with van der Waals surface area (Å²) in [6.07, 6.45) is 2.92. The first-order chi connectivity index (χ1) is 10.3. The Morgan fingerprint density at radius 3 is 2.33 bits per heavy atom. The van der Waals surface area contributed by atoms with E-state index >= 15 is 0 Å². The van der Waals surface area contributed by atoms with E-state index in [1.165, 1.54) is 10.7 Å². The van der Waals surface area contributed by atoms with E-state index in [9.17, 15) is 0 Å². The van der Waals surface area contributed by atoms with Crippen molar-refractivity contribution in [3.8, 4) is 0 Å². The van der Waals surface area contributed by atoms with Gasteiger partial charge in [0.2, 0.25) is 0 Å². The average molecular weight is 302 g/mol. The van der Waals surface area contributed by atoms with Gasteiger partial charge in [-0.3, -0.25) is 14.8 Å². The lowest BCUT2D eigenvalue weighted by atomic mass is 10.2. The largest absolute Gasteiger partial charge is 0.295 e. The maximum absolute atomic E-state index is 4.66. The van der Waals surface area contributed by atoms with Gasteiger partial charge in [0.05, 0.1) is 16.4 Å². The number of pyridine rings is 1. The Labute approximate surface area is 130 Å². The molecule has 3 heterocycles. The molecule has 0 saturated carbocycles. The summed E-state index contributed by atoms with van der Waals surface area (Å²) >= 11 is 1.78. The van der Waals surface area contributed by atoms with Crippen molar-refractivity contribution < 1.29 is 0 Å². The highest BCUT2D eigenvalue weighted by molar-refractivity contribution is 7.09. The minimum Gasteiger partial charge on any atom is -0.295 e. The van der Waals surface area contributed by atoms with Crippen LogP contribution in [-0.4, -0.2) is 45.9 Å². The second kappa shape index (κ2) is 7.11. The first kappa shape index (κ1) is 14.6. The molecule has 2 aromatic heterocycles. The zero-order chi connectivity index (χ0) is 14.5. The molecule has 0 aliphatic carbocycles. The monoisotopic (exact) mass is 302 g/mol. The predicted molar refractivity (Wildman–Crippen MR) is 86.3 cm³/mol. The van der Waals surface area contributed by atoms with Gasteiger partial charge in [-0.05, 0) is 18.6 Å². The second-order valence-corrected chi connectivity index (χ2v) is 6.40. The Morgan fingerprint density at radius 2 is 1.76 bits per heavy atom. The van der Waals surface area contributed by atoms with Crippen molar-refractivity contribution in [1.82, 2.24) is 19.8 Å². The van der Waals surface area contributed by atoms with Gasteiger partial charge in [-0.2, -0.15) is 0 Å². The first-order valence-electron chi connectivity index (χ1n) is 7.61. The van der Waals surface area contributed by atoms with E-state index in [0.29, 0.717) is 0 Å². The summed E-state index contributed by atoms with van der Waals surface area (Å²) in [5, 5.41) is 3.46. The fraction of sp³-hybridized carbons (Fsp3) is 0.500. The standard InChI is InChI=1S/C16H22N4S/c1-2-16-18-15(13-21-16)12-20-9-7-19(8-10-20)11-14-5-3-4-6-17-14/h3-6,13H,2,7-12H2,1H3. The average Bonchev–Trinajstić information content (AvgIpc) is 2.98. The molecule has 1 aliphatic rings. The Kier molecular flexibility index (Phi) is 4.95. The topological polar surface area (TPSA) is 32.3 Å². The number of hydrogen-bond donors (Lipinski definition) is 0. The van der Waals surface area contributed by atoms with Crippen LogP contribution in [0.4, 0.5) is 0 Å². The molecule has 0 amide bonds. The molecule has 2 aromatic rings. The molecule has 0 spiro atoms. The van der Waals surface area contributed by atoms with Crippen molar-refractivity contribution in [2.24, 2.45) is 0 Å². The smallest absolute Gasteiger partial charge is 0.0926 e. The van der Waals surface area contributed by atoms with Gasteiger partial charge in [0.25, 0.3) is 0 Å². The zero-order valence-electron chi connectivity index (χ0n) is 12.5. The van der Waals surface area contributed by atoms with Gasteiger partial charge in [-0.15, -0.1) is 11.3 Å². The molecular formula is C16H22N4S. The van der Waals surface area contributed by atoms with Crippen LogP contribution in [0.1, 0.15) is 23.3 Å². The summed E-state index contributed by atoms with van der Waals surface area (Å²) in [7, 11) is 0. The number of nitrogens with zero attached hydrogens (tertiary/aromatic N) is 4. The van der Waals surface area contributed by atoms with Gasteiger partial charge in [-0.1, -0.05) is 13.0 Å². The van der Waals surface area contributed by atoms with Crippen LogP contribution in [-0.2, 0) is 19.5 Å². The highest BCUT2D eigenvalue weighted by Gasteiger charge is 2.18. The van der Waals surface area contributed by atoms with Gasteiger partial charge in [0.1, 0.15) is 0 Å². The van der Waals surface area contributed by atoms with Gasteiger partial charge in [0.15, 0.2) is 0 Å². The zero-order valence-corrected chi connectivity index (χ0v) is 13.4. The summed E-state index contributed by atoms with van der Waals surface area (Å²) in [5.74, 6) is 0. The lowest BCUT2D eigenvalue weighted by molar-refractivity contribution is 0.120. The second-order valence-electron chi connectivity index (χ2n) is 5.46. The summed E-state index contributed by atoms with van der Waals surface area (Å²) in [4.78, 5) is 14.1. The third-order valence-electron chi connectivity index (χ3n) is 3.86. The first-order valence-corrected chi connectivity index (χ1v) is 8.49. The van der Waals surface area contributed by atoms with Crippen molar-refractivity contribution in [1.29, 1.82) is 0 Å². The van der Waals surface area contributed by atoms with E-state index in [2.05, 4.69) is 44.2 Å². The quantitative estimate of drug-likeness (QED) is 0.849. The Bertz CT molecular complexity index is 546. The van der Waals surface area contributed by atoms with Gasteiger partial charge in [-0.25, -0.2) is 4.98 Å². The highest BCUT2D eigenvalue weighted by Crippen LogP contribution is 2.14. The molecule has 0 bridgehead atoms. The van der Waals surface area contributed by atoms with Crippen LogP contribution in [0.25, 0.3) is 0 Å². The fourth-order valence-corrected chi connectivity index (χ4v) is 3.38. The molecule has 21 heavy (non-hydrogen) atoms. The number of rotatable bonds is 5. The van der Waals surface area contributed by atoms with Crippen LogP contribution < -0.4 is 0 Å². The third kappa shape index (κ3) is 4.09. The lowest BCUT2D eigenvalue weighted by Gasteiger charge is -2.34. The molecule has 4 nitrogen and oxygen atoms in total. The molecule has 0 radical (unpaired) electrons. The van der Waals surface area contributed by atoms with Crippen molar-refractivity contribution >= 4 is 11.3 Å². The summed E-state index contributed by atoms with van der Waals surface area (Å²) in [6, 6.07) is 6.14. The SMILES string of the molecule is CCc1nc(CN2CCN(Cc3ccccn3)CC2)cs1. The summed E-state index contributed by atoms with van der Waals surface area (Å²) in [5.41, 5.74) is 2.40. The molecule has 112 valence electrons. The maximum atomic E-state index is 4.66.